The third-order valence-electron chi connectivity index (χ3n) is 3.66. The van der Waals surface area contributed by atoms with Crippen molar-refractivity contribution in [1.82, 2.24) is 9.80 Å². The number of hydrogen-bond donors (Lipinski definition) is 0. The number of nitrogens with zero attached hydrogens (tertiary/aromatic N) is 2. The number of amides is 2. The zero-order valence-corrected chi connectivity index (χ0v) is 13.6. The lowest BCUT2D eigenvalue weighted by Crippen LogP contribution is -2.50. The molecule has 4 nitrogen and oxygen atoms in total. The van der Waals surface area contributed by atoms with Crippen LogP contribution in [-0.4, -0.2) is 47.8 Å². The molecular formula is C16H20ClFN2O2. The predicted molar refractivity (Wildman–Crippen MR) is 83.3 cm³/mol. The number of carbonyl (C=O) groups excluding carboxylic acids is 2. The van der Waals surface area contributed by atoms with Gasteiger partial charge in [-0.3, -0.25) is 9.59 Å². The molecule has 120 valence electrons. The summed E-state index contributed by atoms with van der Waals surface area (Å²) >= 11 is 5.93. The van der Waals surface area contributed by atoms with Crippen molar-refractivity contribution in [1.29, 1.82) is 0 Å². The maximum atomic E-state index is 13.0. The van der Waals surface area contributed by atoms with Gasteiger partial charge in [0.25, 0.3) is 5.91 Å². The molecule has 0 unspecified atom stereocenters. The van der Waals surface area contributed by atoms with Gasteiger partial charge >= 0.3 is 0 Å². The van der Waals surface area contributed by atoms with E-state index in [2.05, 4.69) is 0 Å². The molecule has 0 aromatic heterocycles. The van der Waals surface area contributed by atoms with E-state index in [1.165, 1.54) is 12.1 Å². The molecule has 22 heavy (non-hydrogen) atoms. The Morgan fingerprint density at radius 3 is 2.32 bits per heavy atom. The summed E-state index contributed by atoms with van der Waals surface area (Å²) in [5.41, 5.74) is 0.296. The van der Waals surface area contributed by atoms with E-state index < -0.39 is 5.82 Å². The van der Waals surface area contributed by atoms with Crippen molar-refractivity contribution < 1.29 is 14.0 Å². The first-order chi connectivity index (χ1) is 10.4. The monoisotopic (exact) mass is 326 g/mol. The molecule has 0 aliphatic carbocycles. The molecule has 0 radical (unpaired) electrons. The molecule has 2 rings (SSSR count). The SMILES string of the molecule is CC(C)CC(=O)N1CCN(C(=O)c2ccc(F)cc2Cl)CC1. The summed E-state index contributed by atoms with van der Waals surface area (Å²) in [5, 5.41) is 0.114. The van der Waals surface area contributed by atoms with Gasteiger partial charge in [-0.05, 0) is 24.1 Å². The van der Waals surface area contributed by atoms with Crippen LogP contribution in [0, 0.1) is 11.7 Å². The highest BCUT2D eigenvalue weighted by atomic mass is 35.5. The van der Waals surface area contributed by atoms with E-state index in [0.29, 0.717) is 44.1 Å². The minimum atomic E-state index is -0.467. The van der Waals surface area contributed by atoms with Crippen LogP contribution >= 0.6 is 11.6 Å². The van der Waals surface area contributed by atoms with E-state index in [9.17, 15) is 14.0 Å². The van der Waals surface area contributed by atoms with E-state index in [-0.39, 0.29) is 16.8 Å². The predicted octanol–water partition coefficient (Wildman–Crippen LogP) is 2.81. The molecular weight excluding hydrogens is 307 g/mol. The fraction of sp³-hybridized carbons (Fsp3) is 0.500. The first kappa shape index (κ1) is 16.7. The molecule has 0 bridgehead atoms. The van der Waals surface area contributed by atoms with Crippen molar-refractivity contribution in [3.05, 3.63) is 34.6 Å². The Labute approximate surface area is 134 Å². The number of piperazine rings is 1. The first-order valence-corrected chi connectivity index (χ1v) is 7.78. The van der Waals surface area contributed by atoms with Gasteiger partial charge in [0, 0.05) is 32.6 Å². The minimum absolute atomic E-state index is 0.114. The third kappa shape index (κ3) is 3.97. The molecule has 1 saturated heterocycles. The average Bonchev–Trinajstić information content (AvgIpc) is 2.46. The third-order valence-corrected chi connectivity index (χ3v) is 3.98. The van der Waals surface area contributed by atoms with Crippen LogP contribution in [0.25, 0.3) is 0 Å². The van der Waals surface area contributed by atoms with Gasteiger partial charge in [-0.1, -0.05) is 25.4 Å². The second-order valence-electron chi connectivity index (χ2n) is 5.90. The van der Waals surface area contributed by atoms with Crippen molar-refractivity contribution in [2.24, 2.45) is 5.92 Å². The molecule has 0 saturated carbocycles. The molecule has 1 aliphatic rings. The van der Waals surface area contributed by atoms with Crippen molar-refractivity contribution in [2.75, 3.05) is 26.2 Å². The van der Waals surface area contributed by atoms with E-state index in [1.54, 1.807) is 9.80 Å². The van der Waals surface area contributed by atoms with Crippen molar-refractivity contribution in [2.45, 2.75) is 20.3 Å². The average molecular weight is 327 g/mol. The van der Waals surface area contributed by atoms with Crippen LogP contribution < -0.4 is 0 Å². The van der Waals surface area contributed by atoms with Gasteiger partial charge in [0.15, 0.2) is 0 Å². The Morgan fingerprint density at radius 1 is 1.18 bits per heavy atom. The Kier molecular flexibility index (Phi) is 5.40. The van der Waals surface area contributed by atoms with Crippen LogP contribution in [0.1, 0.15) is 30.6 Å². The van der Waals surface area contributed by atoms with Crippen LogP contribution in [0.5, 0.6) is 0 Å². The molecule has 0 atom stereocenters. The Bertz CT molecular complexity index is 569. The molecule has 1 aromatic rings. The van der Waals surface area contributed by atoms with Gasteiger partial charge in [-0.25, -0.2) is 4.39 Å². The number of halogens is 2. The maximum Gasteiger partial charge on any atom is 0.255 e. The second kappa shape index (κ2) is 7.09. The highest BCUT2D eigenvalue weighted by Gasteiger charge is 2.26. The molecule has 0 N–H and O–H groups in total. The standard InChI is InChI=1S/C16H20ClFN2O2/c1-11(2)9-15(21)19-5-7-20(8-6-19)16(22)13-4-3-12(18)10-14(13)17/h3-4,10-11H,5-9H2,1-2H3. The fourth-order valence-corrected chi connectivity index (χ4v) is 2.72. The molecule has 0 spiro atoms. The van der Waals surface area contributed by atoms with Crippen molar-refractivity contribution in [3.8, 4) is 0 Å². The summed E-state index contributed by atoms with van der Waals surface area (Å²) in [5.74, 6) is -0.237. The summed E-state index contributed by atoms with van der Waals surface area (Å²) in [4.78, 5) is 27.8. The van der Waals surface area contributed by atoms with Crippen LogP contribution in [0.4, 0.5) is 4.39 Å². The number of benzene rings is 1. The van der Waals surface area contributed by atoms with E-state index in [4.69, 9.17) is 11.6 Å². The number of rotatable bonds is 3. The molecule has 1 fully saturated rings. The Balaban J connectivity index is 1.96. The van der Waals surface area contributed by atoms with Gasteiger partial charge in [0.05, 0.1) is 10.6 Å². The quantitative estimate of drug-likeness (QED) is 0.857. The summed E-state index contributed by atoms with van der Waals surface area (Å²) in [7, 11) is 0. The van der Waals surface area contributed by atoms with Gasteiger partial charge in [0.2, 0.25) is 5.91 Å². The zero-order valence-electron chi connectivity index (χ0n) is 12.8. The summed E-state index contributed by atoms with van der Waals surface area (Å²) in [6.07, 6.45) is 0.526. The summed E-state index contributed by atoms with van der Waals surface area (Å²) in [6, 6.07) is 3.76. The lowest BCUT2D eigenvalue weighted by Gasteiger charge is -2.35. The molecule has 6 heteroatoms. The van der Waals surface area contributed by atoms with Crippen LogP contribution in [0.15, 0.2) is 18.2 Å². The topological polar surface area (TPSA) is 40.6 Å². The van der Waals surface area contributed by atoms with Crippen LogP contribution in [0.3, 0.4) is 0 Å². The lowest BCUT2D eigenvalue weighted by molar-refractivity contribution is -0.133. The highest BCUT2D eigenvalue weighted by molar-refractivity contribution is 6.33. The van der Waals surface area contributed by atoms with E-state index >= 15 is 0 Å². The fourth-order valence-electron chi connectivity index (χ4n) is 2.47. The van der Waals surface area contributed by atoms with Gasteiger partial charge in [-0.2, -0.15) is 0 Å². The molecule has 1 aliphatic heterocycles. The van der Waals surface area contributed by atoms with Crippen molar-refractivity contribution in [3.63, 3.8) is 0 Å². The number of hydrogen-bond acceptors (Lipinski definition) is 2. The summed E-state index contributed by atoms with van der Waals surface area (Å²) < 4.78 is 13.0. The largest absolute Gasteiger partial charge is 0.339 e. The zero-order chi connectivity index (χ0) is 16.3. The van der Waals surface area contributed by atoms with Crippen LogP contribution in [0.2, 0.25) is 5.02 Å². The molecule has 1 aromatic carbocycles. The first-order valence-electron chi connectivity index (χ1n) is 7.40. The van der Waals surface area contributed by atoms with Gasteiger partial charge < -0.3 is 9.80 Å². The summed E-state index contributed by atoms with van der Waals surface area (Å²) in [6.45, 7) is 6.00. The smallest absolute Gasteiger partial charge is 0.255 e. The lowest BCUT2D eigenvalue weighted by atomic mass is 10.1. The molecule has 1 heterocycles. The minimum Gasteiger partial charge on any atom is -0.339 e. The van der Waals surface area contributed by atoms with Gasteiger partial charge in [0.1, 0.15) is 5.82 Å². The number of carbonyl (C=O) groups is 2. The highest BCUT2D eigenvalue weighted by Crippen LogP contribution is 2.20. The van der Waals surface area contributed by atoms with E-state index in [0.717, 1.165) is 6.07 Å². The van der Waals surface area contributed by atoms with Crippen molar-refractivity contribution >= 4 is 23.4 Å². The maximum absolute atomic E-state index is 13.0. The van der Waals surface area contributed by atoms with E-state index in [1.807, 2.05) is 13.8 Å². The molecule has 2 amide bonds. The normalized spacial score (nSPS) is 15.3. The van der Waals surface area contributed by atoms with Gasteiger partial charge in [-0.15, -0.1) is 0 Å². The Morgan fingerprint density at radius 2 is 1.77 bits per heavy atom. The Hall–Kier alpha value is -1.62. The second-order valence-corrected chi connectivity index (χ2v) is 6.30. The van der Waals surface area contributed by atoms with Crippen LogP contribution in [-0.2, 0) is 4.79 Å².